The van der Waals surface area contributed by atoms with E-state index in [4.69, 9.17) is 15.5 Å². The van der Waals surface area contributed by atoms with Gasteiger partial charge in [-0.3, -0.25) is 57.7 Å². The minimum atomic E-state index is -4.86. The third-order valence-corrected chi connectivity index (χ3v) is 12.1. The highest BCUT2D eigenvalue weighted by molar-refractivity contribution is 7.46. The summed E-state index contributed by atoms with van der Waals surface area (Å²) < 4.78 is 15.6. The number of primary amides is 1. The fourth-order valence-corrected chi connectivity index (χ4v) is 8.14. The maximum atomic E-state index is 13.9. The van der Waals surface area contributed by atoms with E-state index >= 15 is 0 Å². The number of phenolic OH excluding ortho intramolecular Hbond substituents is 1. The standard InChI is InChI=1S/C47H67N10O19P/c1-23(2)17-31(51-26(5)60)42(66)52-32(18-27-8-12-29(61)13-9-27)41(65)49-24(3)40(64)55-35(21-58)44(68)56-36(22-59)43(67)53-33(20-38(48)62)46(70)57-16-6-7-37(57)45(69)50-25(4)39(63)54-34(47(71)72)19-28-10-14-30(15-11-28)76-77(73,74)75/h8-15,23-25,31-37,58-59,61H,6-7,16-22H2,1-5H3,(H2,48,62)(H,49,65)(H,50,69)(H,51,60)(H,52,66)(H,53,67)(H,54,63)(H,55,64)(H,56,68)(H,71,72)(H2,73,74,75)/p+3/t24-,25-,31-,32-,33-,34-,35-,36-,37-/m0/s1. The Balaban J connectivity index is 0.0000208. The van der Waals surface area contributed by atoms with Crippen LogP contribution in [-0.2, 0) is 70.1 Å². The lowest BCUT2D eigenvalue weighted by molar-refractivity contribution is -0.144. The number of phosphoric acid groups is 1. The molecule has 29 nitrogen and oxygen atoms in total. The van der Waals surface area contributed by atoms with Crippen molar-refractivity contribution in [3.8, 4) is 11.5 Å². The van der Waals surface area contributed by atoms with Gasteiger partial charge in [-0.25, -0.2) is 9.36 Å². The van der Waals surface area contributed by atoms with E-state index in [1.807, 2.05) is 13.8 Å². The van der Waals surface area contributed by atoms with Crippen LogP contribution in [0.1, 0.15) is 75.7 Å². The van der Waals surface area contributed by atoms with Gasteiger partial charge in [-0.15, -0.1) is 0 Å². The Labute approximate surface area is 445 Å². The number of hydrogen-bond acceptors (Lipinski definition) is 16. The topological polar surface area (TPSA) is 461 Å². The van der Waals surface area contributed by atoms with E-state index in [0.717, 1.165) is 4.90 Å². The van der Waals surface area contributed by atoms with Crippen LogP contribution in [-0.4, -0.2) is 174 Å². The van der Waals surface area contributed by atoms with Gasteiger partial charge in [-0.05, 0) is 74.4 Å². The Morgan fingerprint density at radius 2 is 1.10 bits per heavy atom. The quantitative estimate of drug-likeness (QED) is 0.0344. The molecular formula is C47H70N10O19P+3. The van der Waals surface area contributed by atoms with Crippen LogP contribution in [0.3, 0.4) is 0 Å². The highest BCUT2D eigenvalue weighted by Crippen LogP contribution is 2.37. The van der Waals surface area contributed by atoms with Crippen molar-refractivity contribution in [1.29, 1.82) is 0 Å². The molecule has 1 aliphatic heterocycles. The van der Waals surface area contributed by atoms with Gasteiger partial charge >= 0.3 is 18.1 Å². The zero-order valence-corrected chi connectivity index (χ0v) is 43.6. The number of aromatic hydroxyl groups is 1. The van der Waals surface area contributed by atoms with Crippen LogP contribution in [0.15, 0.2) is 48.5 Å². The number of phenols is 1. The molecule has 1 heterocycles. The van der Waals surface area contributed by atoms with E-state index in [2.05, 4.69) is 47.1 Å². The van der Waals surface area contributed by atoms with Crippen molar-refractivity contribution in [1.82, 2.24) is 47.4 Å². The second-order valence-corrected chi connectivity index (χ2v) is 19.7. The Hall–Kier alpha value is -7.72. The summed E-state index contributed by atoms with van der Waals surface area (Å²) in [5, 5.41) is 58.5. The van der Waals surface area contributed by atoms with Crippen molar-refractivity contribution < 1.29 is 96.3 Å². The number of hydrogen-bond donors (Lipinski definition) is 15. The van der Waals surface area contributed by atoms with Gasteiger partial charge in [0, 0.05) is 26.3 Å². The second kappa shape index (κ2) is 29.5. The molecule has 30 heteroatoms. The SMILES string of the molecule is CC(=O)N[C@@H](CC(C)C)C(=O)N[C@@H](Cc1ccc(O)cc1)C(=O)N[C@@H](C)C(=O)N[C@@H](CO)C(=O)N[C@@H](CO)C(=O)N[C@@H](CC(N)=O)C(=O)N1CCC[C@H]1C(=O)N[C@@H](C)C(=O)N[C@@H](Cc1ccc(OP(=O)(O)O)cc1)C(=O)O.[H+].[H+].[H+]. The number of aliphatic hydroxyl groups is 2. The number of carbonyl (C=O) groups excluding carboxylic acids is 10. The molecule has 0 aliphatic carbocycles. The first-order chi connectivity index (χ1) is 36.0. The summed E-state index contributed by atoms with van der Waals surface area (Å²) in [7, 11) is -4.86. The van der Waals surface area contributed by atoms with E-state index in [9.17, 15) is 77.7 Å². The van der Waals surface area contributed by atoms with Crippen molar-refractivity contribution in [2.24, 2.45) is 11.7 Å². The highest BCUT2D eigenvalue weighted by atomic mass is 31.2. The number of nitrogens with zero attached hydrogens (tertiary/aromatic N) is 1. The summed E-state index contributed by atoms with van der Waals surface area (Å²) in [5.74, 6) is -11.4. The number of amides is 10. The van der Waals surface area contributed by atoms with Gasteiger partial charge in [0.1, 0.15) is 65.9 Å². The molecule has 0 bridgehead atoms. The molecule has 0 aromatic heterocycles. The van der Waals surface area contributed by atoms with Crippen LogP contribution in [0, 0.1) is 5.92 Å². The van der Waals surface area contributed by atoms with Gasteiger partial charge in [0.25, 0.3) is 0 Å². The lowest BCUT2D eigenvalue weighted by Crippen LogP contribution is -2.61. The third kappa shape index (κ3) is 21.1. The lowest BCUT2D eigenvalue weighted by Gasteiger charge is -2.30. The van der Waals surface area contributed by atoms with Crippen LogP contribution in [0.25, 0.3) is 0 Å². The van der Waals surface area contributed by atoms with Crippen molar-refractivity contribution in [3.63, 3.8) is 0 Å². The van der Waals surface area contributed by atoms with E-state index in [0.29, 0.717) is 11.1 Å². The van der Waals surface area contributed by atoms with E-state index < -0.39 is 147 Å². The first-order valence-corrected chi connectivity index (χ1v) is 25.6. The van der Waals surface area contributed by atoms with Crippen LogP contribution < -0.4 is 52.8 Å². The summed E-state index contributed by atoms with van der Waals surface area (Å²) in [6.07, 6.45) is -0.810. The van der Waals surface area contributed by atoms with E-state index in [1.54, 1.807) is 0 Å². The number of aliphatic hydroxyl groups excluding tert-OH is 2. The Bertz CT molecular complexity index is 2530. The number of rotatable bonds is 29. The molecule has 1 saturated heterocycles. The number of carboxylic acid groups (broad SMARTS) is 1. The van der Waals surface area contributed by atoms with Crippen LogP contribution in [0.4, 0.5) is 0 Å². The second-order valence-electron chi connectivity index (χ2n) is 18.5. The van der Waals surface area contributed by atoms with Crippen molar-refractivity contribution >= 4 is 72.9 Å². The van der Waals surface area contributed by atoms with Crippen molar-refractivity contribution in [2.45, 2.75) is 128 Å². The number of aliphatic carboxylic acids is 1. The van der Waals surface area contributed by atoms with Gasteiger partial charge in [-0.2, -0.15) is 0 Å². The number of phosphoric ester groups is 1. The summed E-state index contributed by atoms with van der Waals surface area (Å²) in [6, 6.07) is -2.88. The summed E-state index contributed by atoms with van der Waals surface area (Å²) in [4.78, 5) is 163. The molecule has 0 radical (unpaired) electrons. The predicted molar refractivity (Wildman–Crippen MR) is 270 cm³/mol. The molecule has 3 rings (SSSR count). The molecule has 0 unspecified atom stereocenters. The van der Waals surface area contributed by atoms with Gasteiger partial charge in [0.15, 0.2) is 0 Å². The number of likely N-dealkylation sites (tertiary alicyclic amines) is 1. The average molecular weight is 1110 g/mol. The molecule has 424 valence electrons. The highest BCUT2D eigenvalue weighted by Gasteiger charge is 2.40. The largest absolute Gasteiger partial charge is 1.00 e. The van der Waals surface area contributed by atoms with Gasteiger partial charge in [0.05, 0.1) is 19.6 Å². The maximum absolute atomic E-state index is 13.9. The van der Waals surface area contributed by atoms with Crippen molar-refractivity contribution in [2.75, 3.05) is 19.8 Å². The number of carboxylic acids is 1. The smallest absolute Gasteiger partial charge is 0.508 e. The maximum Gasteiger partial charge on any atom is 1.00 e. The number of benzene rings is 2. The molecule has 9 atom stereocenters. The average Bonchev–Trinajstić information content (AvgIpc) is 3.84. The number of nitrogens with one attached hydrogen (secondary N) is 8. The molecule has 1 aliphatic rings. The van der Waals surface area contributed by atoms with Crippen LogP contribution >= 0.6 is 7.82 Å². The fourth-order valence-electron chi connectivity index (χ4n) is 7.74. The van der Waals surface area contributed by atoms with Crippen LogP contribution in [0.2, 0.25) is 0 Å². The normalized spacial score (nSPS) is 16.3. The van der Waals surface area contributed by atoms with Gasteiger partial charge in [0.2, 0.25) is 59.1 Å². The molecular weight excluding hydrogens is 1040 g/mol. The molecule has 1 fully saturated rings. The number of carbonyl (C=O) groups is 11. The number of nitrogens with two attached hydrogens (primary N) is 1. The monoisotopic (exact) mass is 1110 g/mol. The summed E-state index contributed by atoms with van der Waals surface area (Å²) in [6.45, 7) is 4.98. The van der Waals surface area contributed by atoms with E-state index in [-0.39, 0.29) is 60.3 Å². The Kier molecular flexibility index (Phi) is 24.4. The minimum absolute atomic E-state index is 0. The predicted octanol–water partition coefficient (Wildman–Crippen LogP) is -4.09. The molecule has 2 aromatic rings. The third-order valence-electron chi connectivity index (χ3n) is 11.6. The molecule has 16 N–H and O–H groups in total. The molecule has 0 spiro atoms. The lowest BCUT2D eigenvalue weighted by atomic mass is 10.0. The van der Waals surface area contributed by atoms with Gasteiger partial charge in [-0.1, -0.05) is 38.1 Å². The summed E-state index contributed by atoms with van der Waals surface area (Å²) in [5.41, 5.74) is 6.20. The fraction of sp³-hybridized carbons (Fsp3) is 0.511. The Morgan fingerprint density at radius 3 is 1.60 bits per heavy atom. The molecule has 10 amide bonds. The first-order valence-electron chi connectivity index (χ1n) is 24.1. The first kappa shape index (κ1) is 63.6. The van der Waals surface area contributed by atoms with Gasteiger partial charge < -0.3 is 78.1 Å². The molecule has 77 heavy (non-hydrogen) atoms. The molecule has 2 aromatic carbocycles. The Morgan fingerprint density at radius 1 is 0.649 bits per heavy atom. The van der Waals surface area contributed by atoms with Crippen LogP contribution in [0.5, 0.6) is 11.5 Å². The summed E-state index contributed by atoms with van der Waals surface area (Å²) >= 11 is 0. The minimum Gasteiger partial charge on any atom is -0.508 e. The molecule has 0 saturated carbocycles. The van der Waals surface area contributed by atoms with E-state index in [1.165, 1.54) is 69.3 Å². The zero-order chi connectivity index (χ0) is 57.9. The van der Waals surface area contributed by atoms with Crippen molar-refractivity contribution in [3.05, 3.63) is 59.7 Å². The zero-order valence-electron chi connectivity index (χ0n) is 45.7.